The first-order chi connectivity index (χ1) is 10.0. The Morgan fingerprint density at radius 1 is 1.05 bits per heavy atom. The molecule has 2 amide bonds. The summed E-state index contributed by atoms with van der Waals surface area (Å²) in [6, 6.07) is 3.55. The number of benzene rings is 1. The predicted molar refractivity (Wildman–Crippen MR) is 89.7 cm³/mol. The number of nitrogens with one attached hydrogen (secondary N) is 2. The van der Waals surface area contributed by atoms with Crippen molar-refractivity contribution < 1.29 is 22.6 Å². The second-order valence-electron chi connectivity index (χ2n) is 3.90. The quantitative estimate of drug-likeness (QED) is 0.468. The zero-order valence-electron chi connectivity index (χ0n) is 10.9. The van der Waals surface area contributed by atoms with Crippen molar-refractivity contribution in [1.82, 2.24) is 0 Å². The van der Waals surface area contributed by atoms with Crippen LogP contribution in [0, 0.1) is 0 Å². The average Bonchev–Trinajstić information content (AvgIpc) is 2.38. The van der Waals surface area contributed by atoms with Crippen LogP contribution in [0.5, 0.6) is 0 Å². The third-order valence-corrected chi connectivity index (χ3v) is 3.87. The molecule has 0 saturated heterocycles. The first-order valence-electron chi connectivity index (χ1n) is 5.45. The fourth-order valence-corrected chi connectivity index (χ4v) is 2.18. The highest BCUT2D eigenvalue weighted by Gasteiger charge is 2.19. The van der Waals surface area contributed by atoms with E-state index in [0.717, 1.165) is 6.07 Å². The van der Waals surface area contributed by atoms with Crippen LogP contribution < -0.4 is 10.6 Å². The van der Waals surface area contributed by atoms with Crippen LogP contribution in [0.25, 0.3) is 0 Å². The lowest BCUT2D eigenvalue weighted by molar-refractivity contribution is -0.113. The van der Waals surface area contributed by atoms with Gasteiger partial charge in [0.1, 0.15) is 4.90 Å². The first kappa shape index (κ1) is 18.6. The maximum Gasteiger partial charge on any atom is 0.296 e. The van der Waals surface area contributed by atoms with Gasteiger partial charge in [-0.2, -0.15) is 8.42 Å². The van der Waals surface area contributed by atoms with Crippen LogP contribution in [0.4, 0.5) is 11.4 Å². The molecular formula is C12H10Br2N2O5S. The number of carbonyl (C=O) groups excluding carboxylic acids is 2. The van der Waals surface area contributed by atoms with E-state index < -0.39 is 26.8 Å². The second kappa shape index (κ2) is 7.18. The molecule has 1 aromatic carbocycles. The van der Waals surface area contributed by atoms with Gasteiger partial charge in [-0.15, -0.1) is 0 Å². The van der Waals surface area contributed by atoms with Crippen LogP contribution >= 0.6 is 31.9 Å². The third-order valence-electron chi connectivity index (χ3n) is 2.26. The molecule has 0 radical (unpaired) electrons. The van der Waals surface area contributed by atoms with Crippen molar-refractivity contribution in [3.05, 3.63) is 40.3 Å². The molecule has 1 rings (SSSR count). The highest BCUT2D eigenvalue weighted by atomic mass is 79.9. The summed E-state index contributed by atoms with van der Waals surface area (Å²) < 4.78 is 32.1. The van der Waals surface area contributed by atoms with Crippen LogP contribution in [0.15, 0.2) is 45.2 Å². The maximum absolute atomic E-state index is 11.5. The number of hydrogen-bond donors (Lipinski definition) is 3. The van der Waals surface area contributed by atoms with Crippen LogP contribution in [-0.4, -0.2) is 24.8 Å². The van der Waals surface area contributed by atoms with E-state index in [1.54, 1.807) is 0 Å². The Labute approximate surface area is 143 Å². The van der Waals surface area contributed by atoms with Gasteiger partial charge in [0, 0.05) is 5.69 Å². The average molecular weight is 454 g/mol. The number of rotatable bonds is 5. The van der Waals surface area contributed by atoms with Crippen LogP contribution in [-0.2, 0) is 19.7 Å². The minimum Gasteiger partial charge on any atom is -0.322 e. The molecule has 22 heavy (non-hydrogen) atoms. The molecule has 0 atom stereocenters. The van der Waals surface area contributed by atoms with Crippen LogP contribution in [0.2, 0.25) is 0 Å². The summed E-state index contributed by atoms with van der Waals surface area (Å²) in [7, 11) is -4.63. The molecule has 0 heterocycles. The lowest BCUT2D eigenvalue weighted by Gasteiger charge is -2.11. The van der Waals surface area contributed by atoms with E-state index in [4.69, 9.17) is 0 Å². The molecule has 0 fully saturated rings. The largest absolute Gasteiger partial charge is 0.322 e. The second-order valence-corrected chi connectivity index (χ2v) is 7.21. The zero-order chi connectivity index (χ0) is 17.1. The van der Waals surface area contributed by atoms with Gasteiger partial charge in [0.25, 0.3) is 21.9 Å². The molecule has 1 aromatic rings. The van der Waals surface area contributed by atoms with Crippen LogP contribution in [0.3, 0.4) is 0 Å². The molecule has 118 valence electrons. The molecule has 0 saturated carbocycles. The maximum atomic E-state index is 11.5. The summed E-state index contributed by atoms with van der Waals surface area (Å²) in [5.41, 5.74) is -0.0716. The summed E-state index contributed by atoms with van der Waals surface area (Å²) in [5.74, 6) is -1.28. The molecule has 0 unspecified atom stereocenters. The highest BCUT2D eigenvalue weighted by Crippen LogP contribution is 2.26. The SMILES string of the molecule is C=C(Br)C(=O)Nc1ccc(NC(=O)C(=C)Br)c(S(=O)(=O)O)c1. The molecule has 0 aromatic heterocycles. The van der Waals surface area contributed by atoms with Gasteiger partial charge in [-0.3, -0.25) is 14.1 Å². The van der Waals surface area contributed by atoms with E-state index in [1.807, 2.05) is 0 Å². The Morgan fingerprint density at radius 3 is 2.00 bits per heavy atom. The van der Waals surface area contributed by atoms with Crippen molar-refractivity contribution >= 4 is 65.2 Å². The predicted octanol–water partition coefficient (Wildman–Crippen LogP) is 2.63. The molecule has 0 aliphatic heterocycles. The van der Waals surface area contributed by atoms with Crippen LogP contribution in [0.1, 0.15) is 0 Å². The van der Waals surface area contributed by atoms with E-state index in [9.17, 15) is 22.6 Å². The topological polar surface area (TPSA) is 113 Å². The molecule has 0 bridgehead atoms. The van der Waals surface area contributed by atoms with Crippen molar-refractivity contribution in [2.75, 3.05) is 10.6 Å². The fraction of sp³-hybridized carbons (Fsp3) is 0. The summed E-state index contributed by atoms with van der Waals surface area (Å²) in [6.07, 6.45) is 0. The fourth-order valence-electron chi connectivity index (χ4n) is 1.31. The monoisotopic (exact) mass is 452 g/mol. The van der Waals surface area contributed by atoms with E-state index in [2.05, 4.69) is 55.7 Å². The minimum atomic E-state index is -4.63. The van der Waals surface area contributed by atoms with Gasteiger partial charge >= 0.3 is 0 Å². The third kappa shape index (κ3) is 5.05. The van der Waals surface area contributed by atoms with Gasteiger partial charge in [0.05, 0.1) is 14.7 Å². The molecule has 10 heteroatoms. The van der Waals surface area contributed by atoms with E-state index in [-0.39, 0.29) is 20.3 Å². The van der Waals surface area contributed by atoms with E-state index in [0.29, 0.717) is 0 Å². The Kier molecular flexibility index (Phi) is 6.06. The van der Waals surface area contributed by atoms with Gasteiger partial charge < -0.3 is 10.6 Å². The lowest BCUT2D eigenvalue weighted by Crippen LogP contribution is -2.15. The van der Waals surface area contributed by atoms with Crippen molar-refractivity contribution in [1.29, 1.82) is 0 Å². The van der Waals surface area contributed by atoms with E-state index >= 15 is 0 Å². The van der Waals surface area contributed by atoms with Crippen molar-refractivity contribution in [3.8, 4) is 0 Å². The summed E-state index contributed by atoms with van der Waals surface area (Å²) in [5, 5.41) is 4.61. The van der Waals surface area contributed by atoms with Gasteiger partial charge in [-0.25, -0.2) is 0 Å². The Balaban J connectivity index is 3.26. The first-order valence-corrected chi connectivity index (χ1v) is 8.48. The molecular weight excluding hydrogens is 444 g/mol. The molecule has 0 aliphatic carbocycles. The highest BCUT2D eigenvalue weighted by molar-refractivity contribution is 9.12. The van der Waals surface area contributed by atoms with Gasteiger partial charge in [0.2, 0.25) is 0 Å². The number of amides is 2. The smallest absolute Gasteiger partial charge is 0.296 e. The molecule has 3 N–H and O–H groups in total. The molecule has 7 nitrogen and oxygen atoms in total. The van der Waals surface area contributed by atoms with Gasteiger partial charge in [-0.1, -0.05) is 13.2 Å². The Hall–Kier alpha value is -1.49. The number of hydrogen-bond acceptors (Lipinski definition) is 4. The Bertz CT molecular complexity index is 774. The normalized spacial score (nSPS) is 10.7. The standard InChI is InChI=1S/C12H10Br2N2O5S/c1-6(13)11(17)15-8-3-4-9(16-12(18)7(2)14)10(5-8)22(19,20)21/h3-5H,1-2H2,(H,15,17)(H,16,18)(H,19,20,21). The van der Waals surface area contributed by atoms with E-state index in [1.165, 1.54) is 12.1 Å². The Morgan fingerprint density at radius 2 is 1.55 bits per heavy atom. The minimum absolute atomic E-state index is 0.0262. The summed E-state index contributed by atoms with van der Waals surface area (Å²) >= 11 is 5.72. The summed E-state index contributed by atoms with van der Waals surface area (Å²) in [4.78, 5) is 22.4. The van der Waals surface area contributed by atoms with Crippen molar-refractivity contribution in [2.45, 2.75) is 4.90 Å². The van der Waals surface area contributed by atoms with Gasteiger partial charge in [-0.05, 0) is 50.1 Å². The number of halogens is 2. The van der Waals surface area contributed by atoms with Gasteiger partial charge in [0.15, 0.2) is 0 Å². The lowest BCUT2D eigenvalue weighted by atomic mass is 10.2. The zero-order valence-corrected chi connectivity index (χ0v) is 14.9. The number of carbonyl (C=O) groups is 2. The number of anilines is 2. The molecule has 0 aliphatic rings. The molecule has 0 spiro atoms. The summed E-state index contributed by atoms with van der Waals surface area (Å²) in [6.45, 7) is 6.70. The van der Waals surface area contributed by atoms with Crippen molar-refractivity contribution in [3.63, 3.8) is 0 Å². The van der Waals surface area contributed by atoms with Crippen molar-refractivity contribution in [2.24, 2.45) is 0 Å².